The summed E-state index contributed by atoms with van der Waals surface area (Å²) in [6.45, 7) is 9.97. The molecule has 0 saturated heterocycles. The number of rotatable bonds is 12. The van der Waals surface area contributed by atoms with Gasteiger partial charge in [-0.15, -0.1) is 0 Å². The molecular weight excluding hydrogens is 453 g/mol. The number of hydrogen-bond acceptors (Lipinski definition) is 2. The summed E-state index contributed by atoms with van der Waals surface area (Å²) < 4.78 is 15.6. The smallest absolute Gasteiger partial charge is 0.254 e. The standard InChI is InChI=1S/C30H38FN3O2/c1-5-7-17-33(21-28-12-9-18-32(28)20-25-11-8-10-23(3)19-25)29(35)22-34(24(4)6-2)30(36)26-13-15-27(31)16-14-26/h8-16,18-19,24H,5-7,17,20-22H2,1-4H3. The molecule has 36 heavy (non-hydrogen) atoms. The lowest BCUT2D eigenvalue weighted by Gasteiger charge is -2.31. The van der Waals surface area contributed by atoms with Crippen LogP contribution >= 0.6 is 0 Å². The van der Waals surface area contributed by atoms with E-state index in [4.69, 9.17) is 0 Å². The van der Waals surface area contributed by atoms with Gasteiger partial charge < -0.3 is 14.4 Å². The molecule has 2 amide bonds. The van der Waals surface area contributed by atoms with Crippen LogP contribution in [0.2, 0.25) is 0 Å². The molecule has 1 aromatic heterocycles. The molecule has 5 nitrogen and oxygen atoms in total. The van der Waals surface area contributed by atoms with E-state index in [1.54, 1.807) is 4.90 Å². The fourth-order valence-electron chi connectivity index (χ4n) is 4.24. The van der Waals surface area contributed by atoms with E-state index in [-0.39, 0.29) is 24.4 Å². The Labute approximate surface area is 214 Å². The van der Waals surface area contributed by atoms with Crippen molar-refractivity contribution in [2.75, 3.05) is 13.1 Å². The molecule has 0 aliphatic heterocycles. The molecule has 192 valence electrons. The zero-order valence-electron chi connectivity index (χ0n) is 21.9. The number of amides is 2. The molecule has 6 heteroatoms. The topological polar surface area (TPSA) is 45.6 Å². The molecule has 3 aromatic rings. The summed E-state index contributed by atoms with van der Waals surface area (Å²) >= 11 is 0. The molecule has 0 aliphatic carbocycles. The van der Waals surface area contributed by atoms with Gasteiger partial charge in [0, 0.05) is 36.6 Å². The number of aromatic nitrogens is 1. The molecular formula is C30H38FN3O2. The number of carbonyl (C=O) groups is 2. The third kappa shape index (κ3) is 7.30. The minimum atomic E-state index is -0.392. The van der Waals surface area contributed by atoms with Crippen LogP contribution in [0.15, 0.2) is 66.9 Å². The molecule has 0 bridgehead atoms. The first-order chi connectivity index (χ1) is 17.3. The molecule has 0 spiro atoms. The third-order valence-electron chi connectivity index (χ3n) is 6.63. The zero-order valence-corrected chi connectivity index (χ0v) is 21.9. The van der Waals surface area contributed by atoms with Crippen molar-refractivity contribution in [2.24, 2.45) is 0 Å². The van der Waals surface area contributed by atoms with Crippen molar-refractivity contribution in [2.45, 2.75) is 66.1 Å². The van der Waals surface area contributed by atoms with Gasteiger partial charge in [-0.2, -0.15) is 0 Å². The lowest BCUT2D eigenvalue weighted by atomic mass is 10.1. The summed E-state index contributed by atoms with van der Waals surface area (Å²) in [7, 11) is 0. The molecule has 3 rings (SSSR count). The Morgan fingerprint density at radius 1 is 1.03 bits per heavy atom. The summed E-state index contributed by atoms with van der Waals surface area (Å²) in [4.78, 5) is 30.3. The Kier molecular flexibility index (Phi) is 9.86. The predicted molar refractivity (Wildman–Crippen MR) is 142 cm³/mol. The lowest BCUT2D eigenvalue weighted by molar-refractivity contribution is -0.133. The van der Waals surface area contributed by atoms with Gasteiger partial charge in [-0.25, -0.2) is 4.39 Å². The molecule has 0 radical (unpaired) electrons. The largest absolute Gasteiger partial charge is 0.345 e. The monoisotopic (exact) mass is 491 g/mol. The van der Waals surface area contributed by atoms with Crippen LogP contribution in [0.25, 0.3) is 0 Å². The average molecular weight is 492 g/mol. The van der Waals surface area contributed by atoms with Gasteiger partial charge in [0.15, 0.2) is 0 Å². The number of halogens is 1. The van der Waals surface area contributed by atoms with E-state index in [0.717, 1.165) is 25.1 Å². The molecule has 0 fully saturated rings. The highest BCUT2D eigenvalue weighted by Crippen LogP contribution is 2.16. The van der Waals surface area contributed by atoms with E-state index >= 15 is 0 Å². The Morgan fingerprint density at radius 2 is 1.78 bits per heavy atom. The summed E-state index contributed by atoms with van der Waals surface area (Å²) in [5, 5.41) is 0. The highest BCUT2D eigenvalue weighted by molar-refractivity contribution is 5.96. The summed E-state index contributed by atoms with van der Waals surface area (Å²) in [5.74, 6) is -0.726. The van der Waals surface area contributed by atoms with E-state index in [1.807, 2.05) is 31.0 Å². The summed E-state index contributed by atoms with van der Waals surface area (Å²) in [6, 6.07) is 17.9. The van der Waals surface area contributed by atoms with Crippen LogP contribution in [0.5, 0.6) is 0 Å². The number of nitrogens with zero attached hydrogens (tertiary/aromatic N) is 3. The maximum atomic E-state index is 13.6. The molecule has 0 aliphatic rings. The minimum absolute atomic E-state index is 0.00643. The highest BCUT2D eigenvalue weighted by atomic mass is 19.1. The van der Waals surface area contributed by atoms with Gasteiger partial charge in [0.25, 0.3) is 5.91 Å². The second-order valence-electron chi connectivity index (χ2n) is 9.48. The second-order valence-corrected chi connectivity index (χ2v) is 9.48. The van der Waals surface area contributed by atoms with E-state index in [2.05, 4.69) is 48.7 Å². The molecule has 2 aromatic carbocycles. The fraction of sp³-hybridized carbons (Fsp3) is 0.400. The van der Waals surface area contributed by atoms with Crippen LogP contribution in [0, 0.1) is 12.7 Å². The maximum Gasteiger partial charge on any atom is 0.254 e. The van der Waals surface area contributed by atoms with E-state index in [1.165, 1.54) is 35.4 Å². The number of carbonyl (C=O) groups excluding carboxylic acids is 2. The lowest BCUT2D eigenvalue weighted by Crippen LogP contribution is -2.46. The van der Waals surface area contributed by atoms with E-state index in [0.29, 0.717) is 25.1 Å². The van der Waals surface area contributed by atoms with Gasteiger partial charge >= 0.3 is 0 Å². The van der Waals surface area contributed by atoms with Crippen molar-refractivity contribution in [1.29, 1.82) is 0 Å². The Balaban J connectivity index is 1.78. The maximum absolute atomic E-state index is 13.6. The van der Waals surface area contributed by atoms with Gasteiger partial charge in [0.2, 0.25) is 5.91 Å². The van der Waals surface area contributed by atoms with Crippen molar-refractivity contribution < 1.29 is 14.0 Å². The number of unbranched alkanes of at least 4 members (excludes halogenated alkanes) is 1. The average Bonchev–Trinajstić information content (AvgIpc) is 3.30. The van der Waals surface area contributed by atoms with E-state index in [9.17, 15) is 14.0 Å². The molecule has 1 heterocycles. The van der Waals surface area contributed by atoms with Gasteiger partial charge in [-0.05, 0) is 68.7 Å². The van der Waals surface area contributed by atoms with Crippen LogP contribution in [0.1, 0.15) is 67.2 Å². The van der Waals surface area contributed by atoms with Crippen molar-refractivity contribution in [3.05, 3.63) is 95.1 Å². The van der Waals surface area contributed by atoms with Crippen molar-refractivity contribution in [3.8, 4) is 0 Å². The first-order valence-corrected chi connectivity index (χ1v) is 12.9. The third-order valence-corrected chi connectivity index (χ3v) is 6.63. The zero-order chi connectivity index (χ0) is 26.1. The number of hydrogen-bond donors (Lipinski definition) is 0. The Hall–Kier alpha value is -3.41. The Bertz CT molecular complexity index is 1140. The van der Waals surface area contributed by atoms with Crippen molar-refractivity contribution >= 4 is 11.8 Å². The normalized spacial score (nSPS) is 11.8. The fourth-order valence-corrected chi connectivity index (χ4v) is 4.24. The quantitative estimate of drug-likeness (QED) is 0.309. The van der Waals surface area contributed by atoms with Crippen molar-refractivity contribution in [3.63, 3.8) is 0 Å². The van der Waals surface area contributed by atoms with Gasteiger partial charge in [-0.1, -0.05) is 50.1 Å². The molecule has 1 atom stereocenters. The second kappa shape index (κ2) is 13.1. The van der Waals surface area contributed by atoms with Crippen LogP contribution in [-0.2, 0) is 17.9 Å². The van der Waals surface area contributed by atoms with Gasteiger partial charge in [0.05, 0.1) is 6.54 Å². The number of benzene rings is 2. The first kappa shape index (κ1) is 27.2. The highest BCUT2D eigenvalue weighted by Gasteiger charge is 2.26. The minimum Gasteiger partial charge on any atom is -0.345 e. The summed E-state index contributed by atoms with van der Waals surface area (Å²) in [5.41, 5.74) is 3.88. The Morgan fingerprint density at radius 3 is 2.44 bits per heavy atom. The van der Waals surface area contributed by atoms with Crippen LogP contribution in [-0.4, -0.2) is 45.3 Å². The van der Waals surface area contributed by atoms with Crippen LogP contribution in [0.4, 0.5) is 4.39 Å². The van der Waals surface area contributed by atoms with Gasteiger partial charge in [0.1, 0.15) is 12.4 Å². The molecule has 0 saturated carbocycles. The van der Waals surface area contributed by atoms with Crippen molar-refractivity contribution in [1.82, 2.24) is 14.4 Å². The predicted octanol–water partition coefficient (Wildman–Crippen LogP) is 6.05. The molecule has 0 N–H and O–H groups in total. The SMILES string of the molecule is CCCCN(Cc1cccn1Cc1cccc(C)c1)C(=O)CN(C(=O)c1ccc(F)cc1)C(C)CC. The van der Waals surface area contributed by atoms with Crippen LogP contribution < -0.4 is 0 Å². The van der Waals surface area contributed by atoms with Gasteiger partial charge in [-0.3, -0.25) is 9.59 Å². The number of aryl methyl sites for hydroxylation is 1. The summed E-state index contributed by atoms with van der Waals surface area (Å²) in [6.07, 6.45) is 4.62. The van der Waals surface area contributed by atoms with E-state index < -0.39 is 5.82 Å². The van der Waals surface area contributed by atoms with Crippen LogP contribution in [0.3, 0.4) is 0 Å². The first-order valence-electron chi connectivity index (χ1n) is 12.9. The molecule has 1 unspecified atom stereocenters.